The van der Waals surface area contributed by atoms with Crippen LogP contribution < -0.4 is 10.6 Å². The first-order chi connectivity index (χ1) is 13.2. The average Bonchev–Trinajstić information content (AvgIpc) is 3.20. The molecule has 0 fully saturated rings. The van der Waals surface area contributed by atoms with E-state index in [1.807, 2.05) is 42.6 Å². The van der Waals surface area contributed by atoms with E-state index < -0.39 is 0 Å². The first-order valence-corrected chi connectivity index (χ1v) is 8.61. The van der Waals surface area contributed by atoms with Crippen molar-refractivity contribution in [3.63, 3.8) is 0 Å². The maximum Gasteiger partial charge on any atom is 0.251 e. The fraction of sp³-hybridized carbons (Fsp3) is 0.0952. The van der Waals surface area contributed by atoms with Gasteiger partial charge >= 0.3 is 0 Å². The fourth-order valence-electron chi connectivity index (χ4n) is 2.43. The van der Waals surface area contributed by atoms with Crippen molar-refractivity contribution in [2.24, 2.45) is 0 Å². The van der Waals surface area contributed by atoms with E-state index >= 15 is 0 Å². The summed E-state index contributed by atoms with van der Waals surface area (Å²) < 4.78 is 1.75. The van der Waals surface area contributed by atoms with Crippen molar-refractivity contribution in [3.8, 4) is 5.69 Å². The van der Waals surface area contributed by atoms with E-state index in [4.69, 9.17) is 0 Å². The minimum atomic E-state index is -0.226. The molecule has 0 aliphatic carbocycles. The molecule has 0 aliphatic heterocycles. The van der Waals surface area contributed by atoms with Gasteiger partial charge in [0.2, 0.25) is 5.91 Å². The largest absolute Gasteiger partial charge is 0.351 e. The van der Waals surface area contributed by atoms with Gasteiger partial charge in [0, 0.05) is 36.5 Å². The molecule has 0 aliphatic rings. The third-order valence-corrected chi connectivity index (χ3v) is 3.80. The second kappa shape index (κ2) is 9.15. The SMILES string of the molecule is O=C(/C=C/c1cnn(-c2ccccc2)c1)NCCNC(=O)c1ccccc1. The molecule has 27 heavy (non-hydrogen) atoms. The third kappa shape index (κ3) is 5.40. The smallest absolute Gasteiger partial charge is 0.251 e. The predicted molar refractivity (Wildman–Crippen MR) is 104 cm³/mol. The molecule has 136 valence electrons. The summed E-state index contributed by atoms with van der Waals surface area (Å²) in [5.74, 6) is -0.384. The summed E-state index contributed by atoms with van der Waals surface area (Å²) in [6, 6.07) is 18.7. The zero-order valence-corrected chi connectivity index (χ0v) is 14.7. The Morgan fingerprint density at radius 3 is 2.33 bits per heavy atom. The lowest BCUT2D eigenvalue weighted by atomic mass is 10.2. The standard InChI is InChI=1S/C21H20N4O2/c26-20(22-13-14-23-21(27)18-7-3-1-4-8-18)12-11-17-15-24-25(16-17)19-9-5-2-6-10-19/h1-12,15-16H,13-14H2,(H,22,26)(H,23,27)/b12-11+. The van der Waals surface area contributed by atoms with Gasteiger partial charge in [0.1, 0.15) is 0 Å². The van der Waals surface area contributed by atoms with E-state index in [0.717, 1.165) is 11.3 Å². The summed E-state index contributed by atoms with van der Waals surface area (Å²) >= 11 is 0. The molecule has 0 atom stereocenters. The Morgan fingerprint density at radius 1 is 0.926 bits per heavy atom. The van der Waals surface area contributed by atoms with E-state index in [1.54, 1.807) is 41.2 Å². The minimum absolute atomic E-state index is 0.159. The summed E-state index contributed by atoms with van der Waals surface area (Å²) in [5, 5.41) is 9.76. The van der Waals surface area contributed by atoms with Crippen molar-refractivity contribution in [1.82, 2.24) is 20.4 Å². The number of benzene rings is 2. The highest BCUT2D eigenvalue weighted by Gasteiger charge is 2.03. The van der Waals surface area contributed by atoms with Gasteiger partial charge in [0.05, 0.1) is 11.9 Å². The number of nitrogens with one attached hydrogen (secondary N) is 2. The van der Waals surface area contributed by atoms with Crippen molar-refractivity contribution in [1.29, 1.82) is 0 Å². The van der Waals surface area contributed by atoms with Crippen LogP contribution in [0.3, 0.4) is 0 Å². The topological polar surface area (TPSA) is 76.0 Å². The van der Waals surface area contributed by atoms with Crippen LogP contribution >= 0.6 is 0 Å². The Labute approximate surface area is 157 Å². The van der Waals surface area contributed by atoms with Crippen LogP contribution in [0, 0.1) is 0 Å². The summed E-state index contributed by atoms with van der Waals surface area (Å²) in [7, 11) is 0. The maximum atomic E-state index is 11.9. The van der Waals surface area contributed by atoms with Gasteiger partial charge in [-0.15, -0.1) is 0 Å². The molecule has 2 amide bonds. The molecule has 2 N–H and O–H groups in total. The molecular formula is C21H20N4O2. The van der Waals surface area contributed by atoms with Gasteiger partial charge in [-0.3, -0.25) is 9.59 Å². The van der Waals surface area contributed by atoms with E-state index in [0.29, 0.717) is 18.7 Å². The molecular weight excluding hydrogens is 340 g/mol. The molecule has 0 saturated heterocycles. The Bertz CT molecular complexity index is 918. The Kier molecular flexibility index (Phi) is 6.14. The maximum absolute atomic E-state index is 11.9. The number of nitrogens with zero attached hydrogens (tertiary/aromatic N) is 2. The second-order valence-corrected chi connectivity index (χ2v) is 5.80. The lowest BCUT2D eigenvalue weighted by molar-refractivity contribution is -0.116. The number of carbonyl (C=O) groups is 2. The molecule has 0 spiro atoms. The van der Waals surface area contributed by atoms with Crippen LogP contribution in [-0.4, -0.2) is 34.7 Å². The molecule has 3 aromatic rings. The van der Waals surface area contributed by atoms with Gasteiger partial charge in [-0.05, 0) is 30.3 Å². The number of hydrogen-bond donors (Lipinski definition) is 2. The lowest BCUT2D eigenvalue weighted by Crippen LogP contribution is -2.33. The van der Waals surface area contributed by atoms with Crippen LogP contribution in [0.4, 0.5) is 0 Å². The quantitative estimate of drug-likeness (QED) is 0.502. The molecule has 1 aromatic heterocycles. The lowest BCUT2D eigenvalue weighted by Gasteiger charge is -2.05. The molecule has 0 unspecified atom stereocenters. The highest BCUT2D eigenvalue weighted by atomic mass is 16.2. The number of para-hydroxylation sites is 1. The summed E-state index contributed by atoms with van der Waals surface area (Å²) in [4.78, 5) is 23.7. The highest BCUT2D eigenvalue weighted by Crippen LogP contribution is 2.08. The van der Waals surface area contributed by atoms with Crippen LogP contribution in [-0.2, 0) is 4.79 Å². The Hall–Kier alpha value is -3.67. The van der Waals surface area contributed by atoms with Crippen molar-refractivity contribution in [3.05, 3.63) is 90.3 Å². The zero-order valence-electron chi connectivity index (χ0n) is 14.7. The zero-order chi connectivity index (χ0) is 18.9. The fourth-order valence-corrected chi connectivity index (χ4v) is 2.43. The first-order valence-electron chi connectivity index (χ1n) is 8.61. The molecule has 2 aromatic carbocycles. The Morgan fingerprint density at radius 2 is 1.59 bits per heavy atom. The normalized spacial score (nSPS) is 10.7. The number of aromatic nitrogens is 2. The molecule has 6 nitrogen and oxygen atoms in total. The van der Waals surface area contributed by atoms with E-state index in [1.165, 1.54) is 6.08 Å². The van der Waals surface area contributed by atoms with Crippen molar-refractivity contribution >= 4 is 17.9 Å². The van der Waals surface area contributed by atoms with Gasteiger partial charge in [-0.1, -0.05) is 36.4 Å². The number of rotatable bonds is 7. The monoisotopic (exact) mass is 360 g/mol. The molecule has 3 rings (SSSR count). The van der Waals surface area contributed by atoms with Crippen LogP contribution in [0.2, 0.25) is 0 Å². The average molecular weight is 360 g/mol. The molecule has 0 saturated carbocycles. The number of amides is 2. The molecule has 6 heteroatoms. The van der Waals surface area contributed by atoms with E-state index in [2.05, 4.69) is 15.7 Å². The van der Waals surface area contributed by atoms with Gasteiger partial charge in [0.25, 0.3) is 5.91 Å². The predicted octanol–water partition coefficient (Wildman–Crippen LogP) is 2.43. The van der Waals surface area contributed by atoms with Crippen LogP contribution in [0.5, 0.6) is 0 Å². The van der Waals surface area contributed by atoms with E-state index in [9.17, 15) is 9.59 Å². The van der Waals surface area contributed by atoms with Crippen molar-refractivity contribution in [2.75, 3.05) is 13.1 Å². The molecule has 0 bridgehead atoms. The van der Waals surface area contributed by atoms with E-state index in [-0.39, 0.29) is 11.8 Å². The summed E-state index contributed by atoms with van der Waals surface area (Å²) in [5.41, 5.74) is 2.38. The van der Waals surface area contributed by atoms with Crippen molar-refractivity contribution < 1.29 is 9.59 Å². The summed E-state index contributed by atoms with van der Waals surface area (Å²) in [6.45, 7) is 0.713. The second-order valence-electron chi connectivity index (χ2n) is 5.80. The van der Waals surface area contributed by atoms with Gasteiger partial charge in [0.15, 0.2) is 0 Å². The van der Waals surface area contributed by atoms with Crippen LogP contribution in [0.15, 0.2) is 79.1 Å². The number of carbonyl (C=O) groups excluding carboxylic acids is 2. The highest BCUT2D eigenvalue weighted by molar-refractivity contribution is 5.94. The first kappa shape index (κ1) is 18.1. The number of hydrogen-bond acceptors (Lipinski definition) is 3. The van der Waals surface area contributed by atoms with Crippen LogP contribution in [0.1, 0.15) is 15.9 Å². The van der Waals surface area contributed by atoms with Gasteiger partial charge in [-0.2, -0.15) is 5.10 Å². The minimum Gasteiger partial charge on any atom is -0.351 e. The van der Waals surface area contributed by atoms with Gasteiger partial charge in [-0.25, -0.2) is 4.68 Å². The van der Waals surface area contributed by atoms with Crippen LogP contribution in [0.25, 0.3) is 11.8 Å². The summed E-state index contributed by atoms with van der Waals surface area (Å²) in [6.07, 6.45) is 6.69. The Balaban J connectivity index is 1.42. The molecule has 0 radical (unpaired) electrons. The molecule has 1 heterocycles. The third-order valence-electron chi connectivity index (χ3n) is 3.80. The van der Waals surface area contributed by atoms with Gasteiger partial charge < -0.3 is 10.6 Å². The van der Waals surface area contributed by atoms with Crippen molar-refractivity contribution in [2.45, 2.75) is 0 Å².